The van der Waals surface area contributed by atoms with E-state index in [-0.39, 0.29) is 5.91 Å². The number of anilines is 1. The van der Waals surface area contributed by atoms with Crippen LogP contribution in [0.3, 0.4) is 0 Å². The molecule has 0 fully saturated rings. The molecule has 0 atom stereocenters. The van der Waals surface area contributed by atoms with Crippen LogP contribution in [-0.4, -0.2) is 26.1 Å². The van der Waals surface area contributed by atoms with Crippen LogP contribution >= 0.6 is 11.3 Å². The number of para-hydroxylation sites is 1. The van der Waals surface area contributed by atoms with Crippen LogP contribution in [0.25, 0.3) is 0 Å². The SMILES string of the molecule is COC(=O)c1sccc1NC(=O)c1ccccc1OC. The largest absolute Gasteiger partial charge is 0.496 e. The minimum atomic E-state index is -0.477. The van der Waals surface area contributed by atoms with Crippen molar-refractivity contribution in [3.63, 3.8) is 0 Å². The fraction of sp³-hybridized carbons (Fsp3) is 0.143. The molecular formula is C14H13NO4S. The molecule has 0 bridgehead atoms. The molecule has 2 aromatic rings. The van der Waals surface area contributed by atoms with E-state index in [1.165, 1.54) is 25.6 Å². The number of nitrogens with one attached hydrogen (secondary N) is 1. The summed E-state index contributed by atoms with van der Waals surface area (Å²) >= 11 is 1.21. The van der Waals surface area contributed by atoms with E-state index in [2.05, 4.69) is 10.1 Å². The van der Waals surface area contributed by atoms with Crippen molar-refractivity contribution in [2.45, 2.75) is 0 Å². The van der Waals surface area contributed by atoms with Gasteiger partial charge in [0.25, 0.3) is 5.91 Å². The predicted molar refractivity (Wildman–Crippen MR) is 76.6 cm³/mol. The first-order chi connectivity index (χ1) is 9.67. The molecule has 5 nitrogen and oxygen atoms in total. The normalized spacial score (nSPS) is 9.90. The Kier molecular flexibility index (Phi) is 4.37. The number of benzene rings is 1. The number of carbonyl (C=O) groups excluding carboxylic acids is 2. The van der Waals surface area contributed by atoms with Crippen LogP contribution in [0, 0.1) is 0 Å². The number of methoxy groups -OCH3 is 2. The quantitative estimate of drug-likeness (QED) is 0.880. The van der Waals surface area contributed by atoms with Crippen LogP contribution < -0.4 is 10.1 Å². The first-order valence-electron chi connectivity index (χ1n) is 5.77. The molecule has 1 aromatic carbocycles. The van der Waals surface area contributed by atoms with Crippen molar-refractivity contribution >= 4 is 28.9 Å². The second kappa shape index (κ2) is 6.21. The molecule has 1 aromatic heterocycles. The molecule has 0 aliphatic heterocycles. The van der Waals surface area contributed by atoms with E-state index in [0.717, 1.165) is 0 Å². The second-order valence-corrected chi connectivity index (χ2v) is 4.73. The van der Waals surface area contributed by atoms with Crippen LogP contribution in [0.5, 0.6) is 5.75 Å². The third-order valence-corrected chi connectivity index (χ3v) is 3.53. The number of thiophene rings is 1. The monoisotopic (exact) mass is 291 g/mol. The zero-order chi connectivity index (χ0) is 14.5. The van der Waals surface area contributed by atoms with Crippen LogP contribution in [0.2, 0.25) is 0 Å². The molecule has 0 unspecified atom stereocenters. The van der Waals surface area contributed by atoms with Gasteiger partial charge in [0.05, 0.1) is 25.5 Å². The Morgan fingerprint density at radius 1 is 1.15 bits per heavy atom. The fourth-order valence-electron chi connectivity index (χ4n) is 1.68. The Balaban J connectivity index is 2.24. The van der Waals surface area contributed by atoms with E-state index >= 15 is 0 Å². The van der Waals surface area contributed by atoms with E-state index in [4.69, 9.17) is 4.74 Å². The second-order valence-electron chi connectivity index (χ2n) is 3.81. The van der Waals surface area contributed by atoms with Gasteiger partial charge in [0, 0.05) is 0 Å². The van der Waals surface area contributed by atoms with Crippen LogP contribution in [0.1, 0.15) is 20.0 Å². The summed E-state index contributed by atoms with van der Waals surface area (Å²) in [5.74, 6) is -0.346. The van der Waals surface area contributed by atoms with Crippen LogP contribution in [0.4, 0.5) is 5.69 Å². The van der Waals surface area contributed by atoms with Crippen molar-refractivity contribution < 1.29 is 19.1 Å². The standard InChI is InChI=1S/C14H13NO4S/c1-18-11-6-4-3-5-9(11)13(16)15-10-7-8-20-12(10)14(17)19-2/h3-8H,1-2H3,(H,15,16). The number of esters is 1. The van der Waals surface area contributed by atoms with Gasteiger partial charge >= 0.3 is 5.97 Å². The molecule has 20 heavy (non-hydrogen) atoms. The Morgan fingerprint density at radius 2 is 1.90 bits per heavy atom. The summed E-state index contributed by atoms with van der Waals surface area (Å²) in [4.78, 5) is 24.1. The molecule has 1 N–H and O–H groups in total. The summed E-state index contributed by atoms with van der Waals surface area (Å²) in [5, 5.41) is 4.40. The van der Waals surface area contributed by atoms with E-state index < -0.39 is 5.97 Å². The van der Waals surface area contributed by atoms with Crippen molar-refractivity contribution in [2.24, 2.45) is 0 Å². The Labute approximate surface area is 120 Å². The minimum Gasteiger partial charge on any atom is -0.496 e. The molecule has 104 valence electrons. The highest BCUT2D eigenvalue weighted by Gasteiger charge is 2.18. The first-order valence-corrected chi connectivity index (χ1v) is 6.65. The van der Waals surface area contributed by atoms with Crippen molar-refractivity contribution in [3.8, 4) is 5.75 Å². The Hall–Kier alpha value is -2.34. The molecule has 1 heterocycles. The smallest absolute Gasteiger partial charge is 0.350 e. The van der Waals surface area contributed by atoms with Crippen molar-refractivity contribution in [1.82, 2.24) is 0 Å². The van der Waals surface area contributed by atoms with Gasteiger partial charge in [-0.1, -0.05) is 12.1 Å². The molecule has 0 saturated carbocycles. The highest BCUT2D eigenvalue weighted by Crippen LogP contribution is 2.25. The molecule has 0 radical (unpaired) electrons. The fourth-order valence-corrected chi connectivity index (χ4v) is 2.45. The molecule has 0 saturated heterocycles. The van der Waals surface area contributed by atoms with Crippen molar-refractivity contribution in [2.75, 3.05) is 19.5 Å². The molecule has 0 spiro atoms. The van der Waals surface area contributed by atoms with Gasteiger partial charge in [-0.2, -0.15) is 0 Å². The predicted octanol–water partition coefficient (Wildman–Crippen LogP) is 2.80. The van der Waals surface area contributed by atoms with Gasteiger partial charge in [0.1, 0.15) is 10.6 Å². The average molecular weight is 291 g/mol. The molecule has 1 amide bonds. The topological polar surface area (TPSA) is 64.6 Å². The van der Waals surface area contributed by atoms with E-state index in [1.54, 1.807) is 35.7 Å². The summed E-state index contributed by atoms with van der Waals surface area (Å²) in [5.41, 5.74) is 0.828. The van der Waals surface area contributed by atoms with Gasteiger partial charge in [-0.3, -0.25) is 4.79 Å². The number of carbonyl (C=O) groups is 2. The molecule has 2 rings (SSSR count). The Morgan fingerprint density at radius 3 is 2.60 bits per heavy atom. The maximum Gasteiger partial charge on any atom is 0.350 e. The van der Waals surface area contributed by atoms with Gasteiger partial charge < -0.3 is 14.8 Å². The summed E-state index contributed by atoms with van der Waals surface area (Å²) in [6, 6.07) is 8.53. The van der Waals surface area contributed by atoms with Crippen LogP contribution in [-0.2, 0) is 4.74 Å². The highest BCUT2D eigenvalue weighted by atomic mass is 32.1. The lowest BCUT2D eigenvalue weighted by atomic mass is 10.2. The van der Waals surface area contributed by atoms with Gasteiger partial charge in [0.15, 0.2) is 0 Å². The van der Waals surface area contributed by atoms with E-state index in [1.807, 2.05) is 0 Å². The Bertz CT molecular complexity index is 636. The number of ether oxygens (including phenoxy) is 2. The molecule has 0 aliphatic rings. The number of rotatable bonds is 4. The van der Waals surface area contributed by atoms with Gasteiger partial charge in [-0.05, 0) is 23.6 Å². The number of hydrogen-bond donors (Lipinski definition) is 1. The summed E-state index contributed by atoms with van der Waals surface area (Å²) < 4.78 is 9.80. The zero-order valence-electron chi connectivity index (χ0n) is 11.0. The van der Waals surface area contributed by atoms with Crippen LogP contribution in [0.15, 0.2) is 35.7 Å². The number of amides is 1. The minimum absolute atomic E-state index is 0.342. The van der Waals surface area contributed by atoms with Gasteiger partial charge in [-0.15, -0.1) is 11.3 Å². The maximum absolute atomic E-state index is 12.2. The lowest BCUT2D eigenvalue weighted by Gasteiger charge is -2.09. The number of hydrogen-bond acceptors (Lipinski definition) is 5. The summed E-state index contributed by atoms with van der Waals surface area (Å²) in [6.07, 6.45) is 0. The highest BCUT2D eigenvalue weighted by molar-refractivity contribution is 7.12. The summed E-state index contributed by atoms with van der Waals surface area (Å²) in [7, 11) is 2.80. The van der Waals surface area contributed by atoms with E-state index in [9.17, 15) is 9.59 Å². The zero-order valence-corrected chi connectivity index (χ0v) is 11.8. The molecule has 6 heteroatoms. The average Bonchev–Trinajstić information content (AvgIpc) is 2.94. The third-order valence-electron chi connectivity index (χ3n) is 2.64. The first kappa shape index (κ1) is 14.1. The maximum atomic E-state index is 12.2. The molecular weight excluding hydrogens is 278 g/mol. The lowest BCUT2D eigenvalue weighted by Crippen LogP contribution is -2.14. The molecule has 0 aliphatic carbocycles. The van der Waals surface area contributed by atoms with Gasteiger partial charge in [0.2, 0.25) is 0 Å². The van der Waals surface area contributed by atoms with E-state index in [0.29, 0.717) is 21.9 Å². The third kappa shape index (κ3) is 2.80. The van der Waals surface area contributed by atoms with Gasteiger partial charge in [-0.25, -0.2) is 4.79 Å². The lowest BCUT2D eigenvalue weighted by molar-refractivity contribution is 0.0607. The summed E-state index contributed by atoms with van der Waals surface area (Å²) in [6.45, 7) is 0. The van der Waals surface area contributed by atoms with Crippen molar-refractivity contribution in [1.29, 1.82) is 0 Å². The van der Waals surface area contributed by atoms with Crippen molar-refractivity contribution in [3.05, 3.63) is 46.2 Å².